The van der Waals surface area contributed by atoms with Crippen molar-refractivity contribution < 1.29 is 61.7 Å². The quantitative estimate of drug-likeness (QED) is 0.0392. The molecular formula is C76H136O15Si19. The van der Waals surface area contributed by atoms with Crippen molar-refractivity contribution in [3.8, 4) is 0 Å². The topological polar surface area (TPSA) is 138 Å². The fraction of sp³-hybridized carbons (Fsp3) is 0.316. The Labute approximate surface area is 691 Å². The molecule has 12 atom stereocenters. The summed E-state index contributed by atoms with van der Waals surface area (Å²) in [6.07, 6.45) is 7.07. The van der Waals surface area contributed by atoms with E-state index in [0.29, 0.717) is 17.4 Å². The molecular weight excluding hydrogens is 1690 g/mol. The van der Waals surface area contributed by atoms with Crippen LogP contribution in [0.5, 0.6) is 0 Å². The monoisotopic (exact) mass is 1820 g/mol. The molecule has 110 heavy (non-hydrogen) atoms. The number of hydrogen-bond acceptors (Lipinski definition) is 15. The predicted molar refractivity (Wildman–Crippen MR) is 517 cm³/mol. The summed E-state index contributed by atoms with van der Waals surface area (Å²) < 4.78 is 96.5. The minimum Gasteiger partial charge on any atom is -0.443 e. The van der Waals surface area contributed by atoms with Gasteiger partial charge in [0.1, 0.15) is 0 Å². The predicted octanol–water partition coefficient (Wildman–Crippen LogP) is 16.3. The Kier molecular flexibility index (Phi) is 43.6. The molecule has 606 valence electrons. The molecule has 2 fully saturated rings. The molecule has 12 unspecified atom stereocenters. The van der Waals surface area contributed by atoms with Crippen LogP contribution in [0.1, 0.15) is 12.8 Å². The first kappa shape index (κ1) is 103. The maximum atomic E-state index is 6.81. The van der Waals surface area contributed by atoms with Crippen LogP contribution in [-0.4, -0.2) is 166 Å². The lowest BCUT2D eigenvalue weighted by Crippen LogP contribution is -2.65. The molecule has 0 N–H and O–H groups in total. The van der Waals surface area contributed by atoms with E-state index in [1.165, 1.54) is 16.8 Å². The van der Waals surface area contributed by atoms with E-state index in [0.717, 1.165) is 11.6 Å². The minimum atomic E-state index is -3.24. The van der Waals surface area contributed by atoms with E-state index < -0.39 is 166 Å². The van der Waals surface area contributed by atoms with E-state index in [2.05, 4.69) is 245 Å². The van der Waals surface area contributed by atoms with E-state index in [1.54, 1.807) is 22.8 Å². The lowest BCUT2D eigenvalue weighted by molar-refractivity contribution is 0.163. The van der Waals surface area contributed by atoms with Gasteiger partial charge in [-0.2, -0.15) is 0 Å². The fourth-order valence-electron chi connectivity index (χ4n) is 11.2. The Morgan fingerprint density at radius 2 is 0.618 bits per heavy atom. The van der Waals surface area contributed by atoms with Gasteiger partial charge in [-0.3, -0.25) is 0 Å². The van der Waals surface area contributed by atoms with E-state index in [4.69, 9.17) is 61.7 Å². The van der Waals surface area contributed by atoms with Crippen molar-refractivity contribution in [3.63, 3.8) is 0 Å². The standard InChI is InChI=1S/C18H22OSi2.C17H32O3Si4.C16H28O3Si4.C13H30O4Si5.C12H24O4Si4/c1-5-20(3,17-13-9-7-10-14-17)19-21(4,6-2)18-15-11-8-12-16-18;1-8-21(4)18-24(19-22(5)9-2,20-23(6,7)10-3)17-14-15-11-12-16(17)13-15;1-8-20(4)17-23(18-21(5)9-2,19-22(6,7)10-3)16-14-12-11-13-15-16;1-10-18(5)14-22(15-19(6)11-2,16-20(7)12-3)17-21(8,9)13-4;1-9-17(5)13-18(6,10-2)15-20(8,12-4)16-19(7,11-3)14-17/h5-16H,1-2H2,3-4H3;8-12,15-17,21-22H,1-3,13-14H2,4-7H3;8-15,20-21H,1-3H2,4-7H3;10-13,18-20H,1-4H2,5-9H3;9-12H,1-4H2,5-8H3. The van der Waals surface area contributed by atoms with Crippen LogP contribution in [0.25, 0.3) is 0 Å². The van der Waals surface area contributed by atoms with Gasteiger partial charge in [-0.25, -0.2) is 0 Å². The molecule has 1 saturated heterocycles. The molecule has 1 saturated carbocycles. The highest BCUT2D eigenvalue weighted by Crippen LogP contribution is 2.53. The number of rotatable bonds is 42. The van der Waals surface area contributed by atoms with Gasteiger partial charge in [0.05, 0.1) is 0 Å². The Balaban J connectivity index is 0.000000467. The second-order valence-electron chi connectivity index (χ2n) is 29.8. The van der Waals surface area contributed by atoms with Gasteiger partial charge < -0.3 is 61.7 Å². The first-order chi connectivity index (χ1) is 51.3. The minimum absolute atomic E-state index is 0.379. The maximum Gasteiger partial charge on any atom is 0.637 e. The zero-order valence-corrected chi connectivity index (χ0v) is 90.3. The Hall–Kier alpha value is -3.24. The normalized spacial score (nSPS) is 25.4. The van der Waals surface area contributed by atoms with Crippen molar-refractivity contribution in [3.05, 3.63) is 300 Å². The highest BCUT2D eigenvalue weighted by molar-refractivity contribution is 7.02. The Bertz CT molecular complexity index is 3340. The van der Waals surface area contributed by atoms with Gasteiger partial charge in [0, 0.05) is 10.7 Å². The molecule has 2 bridgehead atoms. The highest BCUT2D eigenvalue weighted by Gasteiger charge is 2.60. The van der Waals surface area contributed by atoms with Gasteiger partial charge in [0.15, 0.2) is 63.3 Å². The molecule has 1 aliphatic heterocycles. The Morgan fingerprint density at radius 1 is 0.336 bits per heavy atom. The molecule has 0 radical (unpaired) electrons. The van der Waals surface area contributed by atoms with Crippen LogP contribution in [0, 0.1) is 11.8 Å². The Morgan fingerprint density at radius 3 is 0.882 bits per heavy atom. The van der Waals surface area contributed by atoms with Gasteiger partial charge in [-0.05, 0) is 159 Å². The van der Waals surface area contributed by atoms with Crippen molar-refractivity contribution in [2.24, 2.45) is 11.8 Å². The third-order valence-corrected chi connectivity index (χ3v) is 80.8. The smallest absolute Gasteiger partial charge is 0.443 e. The molecule has 3 aliphatic rings. The maximum absolute atomic E-state index is 6.81. The molecule has 15 nitrogen and oxygen atoms in total. The summed E-state index contributed by atoms with van der Waals surface area (Å²) in [4.78, 5) is 0. The van der Waals surface area contributed by atoms with Crippen molar-refractivity contribution >= 4 is 181 Å². The summed E-state index contributed by atoms with van der Waals surface area (Å²) >= 11 is 0. The third-order valence-electron chi connectivity index (χ3n) is 18.2. The molecule has 0 aromatic heterocycles. The van der Waals surface area contributed by atoms with E-state index >= 15 is 0 Å². The number of fused-ring (bicyclic) bond motifs is 2. The molecule has 0 amide bonds. The van der Waals surface area contributed by atoms with Crippen LogP contribution >= 0.6 is 0 Å². The summed E-state index contributed by atoms with van der Waals surface area (Å²) in [5, 5.41) is 3.50. The number of allylic oxidation sites excluding steroid dienone is 2. The van der Waals surface area contributed by atoms with Crippen LogP contribution in [0.15, 0.2) is 300 Å². The highest BCUT2D eigenvalue weighted by atomic mass is 28.5. The molecule has 34 heteroatoms. The molecule has 1 heterocycles. The van der Waals surface area contributed by atoms with E-state index in [1.807, 2.05) is 157 Å². The summed E-state index contributed by atoms with van der Waals surface area (Å²) in [5.74, 6) is 1.20. The van der Waals surface area contributed by atoms with Crippen molar-refractivity contribution in [2.75, 3.05) is 0 Å². The van der Waals surface area contributed by atoms with E-state index in [-0.39, 0.29) is 0 Å². The molecule has 0 spiro atoms. The summed E-state index contributed by atoms with van der Waals surface area (Å²) in [6, 6.07) is 30.9. The summed E-state index contributed by atoms with van der Waals surface area (Å²) in [7, 11) is -41.3. The SMILES string of the molecule is C=C[SiH](C)O[Si](O[SiH](C)C=C)(O[SiH](C)C=C)O[Si](C)(C)C=C.C=C[SiH](C)O[Si](O[SiH](C)C=C)(O[Si](C)(C)C=C)C1CC2C=CC1C2.C=C[SiH](C)O[Si](O[SiH](C)C=C)(O[Si](C)(C)C=C)c1ccccc1.C=C[Si](C)(O[Si](C)(C=C)c1ccccc1)c1ccccc1.C=C[Si]1(C)O[Si](C)(C=C)O[Si](C)(C=C)O[Si](C)(C=C)O1. The van der Waals surface area contributed by atoms with Gasteiger partial charge in [0.25, 0.3) is 0 Å². The summed E-state index contributed by atoms with van der Waals surface area (Å²) in [5.41, 5.74) is 30.5. The molecule has 3 aromatic carbocycles. The average Bonchev–Trinajstić information content (AvgIpc) is 1.71. The van der Waals surface area contributed by atoms with Gasteiger partial charge in [-0.15, -0.1) is 105 Å². The van der Waals surface area contributed by atoms with Crippen molar-refractivity contribution in [1.29, 1.82) is 0 Å². The number of benzene rings is 3. The lowest BCUT2D eigenvalue weighted by Gasteiger charge is -2.46. The summed E-state index contributed by atoms with van der Waals surface area (Å²) in [6.45, 7) is 102. The molecule has 6 rings (SSSR count). The van der Waals surface area contributed by atoms with Crippen LogP contribution in [0.4, 0.5) is 0 Å². The van der Waals surface area contributed by atoms with Crippen molar-refractivity contribution in [1.82, 2.24) is 0 Å². The van der Waals surface area contributed by atoms with Crippen LogP contribution in [0.3, 0.4) is 0 Å². The fourth-order valence-corrected chi connectivity index (χ4v) is 75.3. The van der Waals surface area contributed by atoms with Crippen molar-refractivity contribution in [2.45, 2.75) is 143 Å². The van der Waals surface area contributed by atoms with E-state index in [9.17, 15) is 0 Å². The average molecular weight is 1820 g/mol. The van der Waals surface area contributed by atoms with Crippen LogP contribution in [0.2, 0.25) is 130 Å². The first-order valence-electron chi connectivity index (χ1n) is 37.6. The third kappa shape index (κ3) is 32.7. The van der Waals surface area contributed by atoms with Gasteiger partial charge in [0.2, 0.25) is 41.6 Å². The van der Waals surface area contributed by atoms with Crippen LogP contribution in [-0.2, 0) is 61.7 Å². The lowest BCUT2D eigenvalue weighted by atomic mass is 10.1. The first-order valence-corrected chi connectivity index (χ1v) is 82.3. The largest absolute Gasteiger partial charge is 0.637 e. The van der Waals surface area contributed by atoms with Gasteiger partial charge >= 0.3 is 60.9 Å². The number of hydrogen-bond donors (Lipinski definition) is 0. The molecule has 3 aromatic rings. The molecule has 2 aliphatic carbocycles. The zero-order valence-electron chi connectivity index (χ0n) is 70.2. The zero-order chi connectivity index (χ0) is 83.9. The van der Waals surface area contributed by atoms with Gasteiger partial charge in [-0.1, -0.05) is 194 Å². The second kappa shape index (κ2) is 46.6. The van der Waals surface area contributed by atoms with Crippen LogP contribution < -0.4 is 15.6 Å². The second-order valence-corrected chi connectivity index (χ2v) is 87.7.